The standard InChI is InChI=1S/C17H17N5OS/c1-13(23)18-15-8-5-9-16(12-15)22-17(19-20-21-22)24-11-10-14-6-3-2-4-7-14/h2-9,12H,10-11H2,1H3,(H,18,23). The first-order valence-corrected chi connectivity index (χ1v) is 8.54. The molecule has 0 aliphatic heterocycles. The van der Waals surface area contributed by atoms with Crippen molar-refractivity contribution in [1.82, 2.24) is 20.2 Å². The van der Waals surface area contributed by atoms with Crippen LogP contribution in [0.4, 0.5) is 5.69 Å². The number of carbonyl (C=O) groups is 1. The number of hydrogen-bond acceptors (Lipinski definition) is 5. The van der Waals surface area contributed by atoms with Crippen LogP contribution in [0.2, 0.25) is 0 Å². The minimum atomic E-state index is -0.110. The Morgan fingerprint density at radius 2 is 2.00 bits per heavy atom. The molecule has 3 rings (SSSR count). The number of hydrogen-bond donors (Lipinski definition) is 1. The SMILES string of the molecule is CC(=O)Nc1cccc(-n2nnnc2SCCc2ccccc2)c1. The summed E-state index contributed by atoms with van der Waals surface area (Å²) in [6.07, 6.45) is 0.949. The van der Waals surface area contributed by atoms with Crippen molar-refractivity contribution in [2.75, 3.05) is 11.1 Å². The molecule has 0 fully saturated rings. The van der Waals surface area contributed by atoms with E-state index in [4.69, 9.17) is 0 Å². The maximum Gasteiger partial charge on any atom is 0.221 e. The van der Waals surface area contributed by atoms with Gasteiger partial charge in [-0.2, -0.15) is 4.68 Å². The number of nitrogens with zero attached hydrogens (tertiary/aromatic N) is 4. The van der Waals surface area contributed by atoms with Crippen molar-refractivity contribution in [1.29, 1.82) is 0 Å². The van der Waals surface area contributed by atoms with Crippen LogP contribution in [-0.2, 0) is 11.2 Å². The van der Waals surface area contributed by atoms with E-state index in [0.717, 1.165) is 28.7 Å². The molecule has 0 aliphatic carbocycles. The topological polar surface area (TPSA) is 72.7 Å². The number of aromatic nitrogens is 4. The molecule has 1 N–H and O–H groups in total. The zero-order chi connectivity index (χ0) is 16.8. The van der Waals surface area contributed by atoms with Crippen LogP contribution in [0.5, 0.6) is 0 Å². The van der Waals surface area contributed by atoms with Gasteiger partial charge in [0, 0.05) is 18.4 Å². The molecule has 0 saturated heterocycles. The van der Waals surface area contributed by atoms with Crippen molar-refractivity contribution in [2.45, 2.75) is 18.5 Å². The highest BCUT2D eigenvalue weighted by molar-refractivity contribution is 7.99. The van der Waals surface area contributed by atoms with E-state index in [1.165, 1.54) is 12.5 Å². The lowest BCUT2D eigenvalue weighted by Crippen LogP contribution is -2.07. The molecule has 0 bridgehead atoms. The summed E-state index contributed by atoms with van der Waals surface area (Å²) >= 11 is 1.60. The van der Waals surface area contributed by atoms with Crippen LogP contribution in [-0.4, -0.2) is 31.9 Å². The van der Waals surface area contributed by atoms with Gasteiger partial charge in [0.1, 0.15) is 0 Å². The Labute approximate surface area is 144 Å². The van der Waals surface area contributed by atoms with Crippen LogP contribution >= 0.6 is 11.8 Å². The molecule has 6 nitrogen and oxygen atoms in total. The molecule has 2 aromatic carbocycles. The number of aryl methyl sites for hydroxylation is 1. The Morgan fingerprint density at radius 3 is 2.79 bits per heavy atom. The molecule has 24 heavy (non-hydrogen) atoms. The van der Waals surface area contributed by atoms with Gasteiger partial charge in [-0.3, -0.25) is 4.79 Å². The van der Waals surface area contributed by atoms with Crippen molar-refractivity contribution < 1.29 is 4.79 Å². The summed E-state index contributed by atoms with van der Waals surface area (Å²) in [5.74, 6) is 0.775. The average Bonchev–Trinajstić information content (AvgIpc) is 3.04. The molecule has 3 aromatic rings. The highest BCUT2D eigenvalue weighted by Gasteiger charge is 2.09. The summed E-state index contributed by atoms with van der Waals surface area (Å²) in [4.78, 5) is 11.2. The zero-order valence-corrected chi connectivity index (χ0v) is 14.0. The van der Waals surface area contributed by atoms with E-state index in [-0.39, 0.29) is 5.91 Å². The van der Waals surface area contributed by atoms with Crippen LogP contribution in [0.1, 0.15) is 12.5 Å². The monoisotopic (exact) mass is 339 g/mol. The largest absolute Gasteiger partial charge is 0.326 e. The van der Waals surface area contributed by atoms with Gasteiger partial charge in [0.25, 0.3) is 0 Å². The first-order chi connectivity index (χ1) is 11.7. The normalized spacial score (nSPS) is 10.5. The molecule has 122 valence electrons. The van der Waals surface area contributed by atoms with Crippen LogP contribution in [0.15, 0.2) is 59.8 Å². The summed E-state index contributed by atoms with van der Waals surface area (Å²) in [6, 6.07) is 17.8. The number of thioether (sulfide) groups is 1. The van der Waals surface area contributed by atoms with Crippen molar-refractivity contribution in [2.24, 2.45) is 0 Å². The smallest absolute Gasteiger partial charge is 0.221 e. The van der Waals surface area contributed by atoms with Crippen LogP contribution < -0.4 is 5.32 Å². The number of anilines is 1. The van der Waals surface area contributed by atoms with Gasteiger partial charge in [-0.05, 0) is 40.6 Å². The van der Waals surface area contributed by atoms with Gasteiger partial charge in [-0.25, -0.2) is 0 Å². The maximum atomic E-state index is 11.2. The number of amides is 1. The molecule has 1 aromatic heterocycles. The minimum Gasteiger partial charge on any atom is -0.326 e. The molecule has 1 amide bonds. The first kappa shape index (κ1) is 16.2. The van der Waals surface area contributed by atoms with E-state index in [0.29, 0.717) is 0 Å². The summed E-state index contributed by atoms with van der Waals surface area (Å²) in [5, 5.41) is 15.4. The molecule has 0 atom stereocenters. The van der Waals surface area contributed by atoms with E-state index in [1.807, 2.05) is 42.5 Å². The van der Waals surface area contributed by atoms with E-state index >= 15 is 0 Å². The summed E-state index contributed by atoms with van der Waals surface area (Å²) in [5.41, 5.74) is 2.82. The van der Waals surface area contributed by atoms with Crippen molar-refractivity contribution in [3.63, 3.8) is 0 Å². The van der Waals surface area contributed by atoms with Crippen molar-refractivity contribution >= 4 is 23.4 Å². The Bertz CT molecular complexity index is 819. The number of rotatable bonds is 6. The predicted molar refractivity (Wildman–Crippen MR) is 94.3 cm³/mol. The third-order valence-electron chi connectivity index (χ3n) is 3.32. The number of benzene rings is 2. The molecule has 0 spiro atoms. The highest BCUT2D eigenvalue weighted by atomic mass is 32.2. The lowest BCUT2D eigenvalue weighted by molar-refractivity contribution is -0.114. The van der Waals surface area contributed by atoms with E-state index in [2.05, 4.69) is 33.0 Å². The van der Waals surface area contributed by atoms with Gasteiger partial charge < -0.3 is 5.32 Å². The van der Waals surface area contributed by atoms with Gasteiger partial charge >= 0.3 is 0 Å². The molecular weight excluding hydrogens is 322 g/mol. The quantitative estimate of drug-likeness (QED) is 0.699. The average molecular weight is 339 g/mol. The van der Waals surface area contributed by atoms with Crippen LogP contribution in [0.3, 0.4) is 0 Å². The summed E-state index contributed by atoms with van der Waals surface area (Å²) < 4.78 is 1.68. The first-order valence-electron chi connectivity index (χ1n) is 7.55. The third kappa shape index (κ3) is 4.20. The van der Waals surface area contributed by atoms with E-state index in [1.54, 1.807) is 16.4 Å². The second-order valence-corrected chi connectivity index (χ2v) is 6.25. The van der Waals surface area contributed by atoms with Crippen LogP contribution in [0.25, 0.3) is 5.69 Å². The van der Waals surface area contributed by atoms with Crippen LogP contribution in [0, 0.1) is 0 Å². The molecule has 0 unspecified atom stereocenters. The Hall–Kier alpha value is -2.67. The fourth-order valence-corrected chi connectivity index (χ4v) is 3.13. The lowest BCUT2D eigenvalue weighted by Gasteiger charge is -2.07. The van der Waals surface area contributed by atoms with E-state index in [9.17, 15) is 4.79 Å². The Morgan fingerprint density at radius 1 is 1.17 bits per heavy atom. The third-order valence-corrected chi connectivity index (χ3v) is 4.24. The van der Waals surface area contributed by atoms with Gasteiger partial charge in [-0.1, -0.05) is 48.2 Å². The molecular formula is C17H17N5OS. The van der Waals surface area contributed by atoms with Gasteiger partial charge in [0.15, 0.2) is 0 Å². The fraction of sp³-hybridized carbons (Fsp3) is 0.176. The Balaban J connectivity index is 1.70. The molecule has 0 radical (unpaired) electrons. The van der Waals surface area contributed by atoms with Gasteiger partial charge in [0.2, 0.25) is 11.1 Å². The lowest BCUT2D eigenvalue weighted by atomic mass is 10.2. The number of carbonyl (C=O) groups excluding carboxylic acids is 1. The second kappa shape index (κ2) is 7.74. The fourth-order valence-electron chi connectivity index (χ4n) is 2.25. The Kier molecular flexibility index (Phi) is 5.22. The maximum absolute atomic E-state index is 11.2. The van der Waals surface area contributed by atoms with Crippen molar-refractivity contribution in [3.05, 3.63) is 60.2 Å². The van der Waals surface area contributed by atoms with Gasteiger partial charge in [0.05, 0.1) is 5.69 Å². The second-order valence-electron chi connectivity index (χ2n) is 5.19. The van der Waals surface area contributed by atoms with E-state index < -0.39 is 0 Å². The summed E-state index contributed by atoms with van der Waals surface area (Å²) in [6.45, 7) is 1.48. The highest BCUT2D eigenvalue weighted by Crippen LogP contribution is 2.21. The predicted octanol–water partition coefficient (Wildman–Crippen LogP) is 2.96. The zero-order valence-electron chi connectivity index (χ0n) is 13.2. The van der Waals surface area contributed by atoms with Crippen molar-refractivity contribution in [3.8, 4) is 5.69 Å². The number of nitrogens with one attached hydrogen (secondary N) is 1. The molecule has 7 heteroatoms. The molecule has 1 heterocycles. The minimum absolute atomic E-state index is 0.110. The number of tetrazole rings is 1. The molecule has 0 saturated carbocycles. The summed E-state index contributed by atoms with van der Waals surface area (Å²) in [7, 11) is 0. The molecule has 0 aliphatic rings. The van der Waals surface area contributed by atoms with Gasteiger partial charge in [-0.15, -0.1) is 5.10 Å².